The Morgan fingerprint density at radius 2 is 1.87 bits per heavy atom. The van der Waals surface area contributed by atoms with E-state index >= 15 is 0 Å². The lowest BCUT2D eigenvalue weighted by Gasteiger charge is -2.01. The molecule has 0 aliphatic carbocycles. The molecule has 0 saturated carbocycles. The van der Waals surface area contributed by atoms with Crippen molar-refractivity contribution in [1.29, 1.82) is 0 Å². The standard InChI is InChI=1S/C12H13NO2/c1-9(12(8-14)10(2)15)13-11-6-4-3-5-7-11/h3-8,14H,1-2H3. The summed E-state index contributed by atoms with van der Waals surface area (Å²) < 4.78 is 0. The molecule has 0 unspecified atom stereocenters. The summed E-state index contributed by atoms with van der Waals surface area (Å²) in [6.07, 6.45) is 0.796. The molecule has 0 aliphatic heterocycles. The Hall–Kier alpha value is -1.90. The van der Waals surface area contributed by atoms with E-state index in [0.717, 1.165) is 11.9 Å². The molecule has 0 heterocycles. The minimum absolute atomic E-state index is 0.199. The van der Waals surface area contributed by atoms with Gasteiger partial charge in [-0.3, -0.25) is 9.79 Å². The van der Waals surface area contributed by atoms with Gasteiger partial charge in [0.2, 0.25) is 0 Å². The highest BCUT2D eigenvalue weighted by Gasteiger charge is 2.07. The molecular formula is C12H13NO2. The second-order valence-corrected chi connectivity index (χ2v) is 3.13. The molecular weight excluding hydrogens is 190 g/mol. The number of benzene rings is 1. The van der Waals surface area contributed by atoms with Crippen LogP contribution in [0, 0.1) is 0 Å². The quantitative estimate of drug-likeness (QED) is 0.466. The van der Waals surface area contributed by atoms with Gasteiger partial charge in [0.25, 0.3) is 0 Å². The average molecular weight is 203 g/mol. The Balaban J connectivity index is 2.99. The third kappa shape index (κ3) is 3.06. The van der Waals surface area contributed by atoms with Crippen LogP contribution in [-0.2, 0) is 4.79 Å². The van der Waals surface area contributed by atoms with Crippen molar-refractivity contribution in [3.63, 3.8) is 0 Å². The number of ketones is 1. The lowest BCUT2D eigenvalue weighted by Crippen LogP contribution is -2.06. The van der Waals surface area contributed by atoms with Gasteiger partial charge in [0.1, 0.15) is 0 Å². The molecule has 1 aromatic carbocycles. The molecule has 78 valence electrons. The number of Topliss-reactive ketones (excluding diaryl/α,β-unsaturated/α-hetero) is 1. The van der Waals surface area contributed by atoms with Gasteiger partial charge in [0.15, 0.2) is 5.78 Å². The first kappa shape index (κ1) is 11.2. The Bertz CT molecular complexity index is 405. The predicted octanol–water partition coefficient (Wildman–Crippen LogP) is 2.81. The maximum absolute atomic E-state index is 11.1. The zero-order valence-corrected chi connectivity index (χ0v) is 8.77. The van der Waals surface area contributed by atoms with Crippen molar-refractivity contribution in [3.05, 3.63) is 42.2 Å². The Morgan fingerprint density at radius 3 is 2.33 bits per heavy atom. The van der Waals surface area contributed by atoms with E-state index in [1.54, 1.807) is 6.92 Å². The number of hydrogen-bond acceptors (Lipinski definition) is 3. The molecule has 3 heteroatoms. The number of aliphatic imine (C=N–C) groups is 1. The van der Waals surface area contributed by atoms with Crippen molar-refractivity contribution in [3.8, 4) is 0 Å². The smallest absolute Gasteiger partial charge is 0.164 e. The second-order valence-electron chi connectivity index (χ2n) is 3.13. The van der Waals surface area contributed by atoms with Crippen molar-refractivity contribution >= 4 is 17.2 Å². The number of carbonyl (C=O) groups is 1. The molecule has 1 rings (SSSR count). The summed E-state index contributed by atoms with van der Waals surface area (Å²) in [6.45, 7) is 3.09. The third-order valence-corrected chi connectivity index (χ3v) is 1.95. The molecule has 0 bridgehead atoms. The van der Waals surface area contributed by atoms with Gasteiger partial charge < -0.3 is 5.11 Å². The monoisotopic (exact) mass is 203 g/mol. The summed E-state index contributed by atoms with van der Waals surface area (Å²) in [4.78, 5) is 15.3. The lowest BCUT2D eigenvalue weighted by molar-refractivity contribution is -0.113. The summed E-state index contributed by atoms with van der Waals surface area (Å²) in [5.41, 5.74) is 1.51. The number of carbonyl (C=O) groups excluding carboxylic acids is 1. The molecule has 0 atom stereocenters. The molecule has 0 saturated heterocycles. The molecule has 0 radical (unpaired) electrons. The van der Waals surface area contributed by atoms with Crippen LogP contribution in [0.15, 0.2) is 47.2 Å². The predicted molar refractivity (Wildman–Crippen MR) is 60.6 cm³/mol. The van der Waals surface area contributed by atoms with Crippen molar-refractivity contribution < 1.29 is 9.90 Å². The first-order valence-electron chi connectivity index (χ1n) is 4.61. The van der Waals surface area contributed by atoms with Crippen LogP contribution >= 0.6 is 0 Å². The molecule has 1 N–H and O–H groups in total. The maximum atomic E-state index is 11.1. The summed E-state index contributed by atoms with van der Waals surface area (Å²) in [5.74, 6) is -0.199. The zero-order valence-electron chi connectivity index (χ0n) is 8.77. The Labute approximate surface area is 88.8 Å². The van der Waals surface area contributed by atoms with Crippen LogP contribution in [0.25, 0.3) is 0 Å². The van der Waals surface area contributed by atoms with Crippen LogP contribution in [0.1, 0.15) is 13.8 Å². The first-order chi connectivity index (χ1) is 7.15. The van der Waals surface area contributed by atoms with Gasteiger partial charge in [0.05, 0.1) is 23.2 Å². The fraction of sp³-hybridized carbons (Fsp3) is 0.167. The maximum Gasteiger partial charge on any atom is 0.164 e. The lowest BCUT2D eigenvalue weighted by atomic mass is 10.1. The van der Waals surface area contributed by atoms with Crippen molar-refractivity contribution in [1.82, 2.24) is 0 Å². The third-order valence-electron chi connectivity index (χ3n) is 1.95. The highest BCUT2D eigenvalue weighted by Crippen LogP contribution is 2.12. The fourth-order valence-corrected chi connectivity index (χ4v) is 1.20. The zero-order chi connectivity index (χ0) is 11.3. The van der Waals surface area contributed by atoms with Gasteiger partial charge in [0, 0.05) is 0 Å². The van der Waals surface area contributed by atoms with Gasteiger partial charge in [-0.25, -0.2) is 0 Å². The van der Waals surface area contributed by atoms with E-state index in [1.807, 2.05) is 30.3 Å². The minimum Gasteiger partial charge on any atom is -0.515 e. The van der Waals surface area contributed by atoms with Gasteiger partial charge in [-0.2, -0.15) is 0 Å². The van der Waals surface area contributed by atoms with Gasteiger partial charge in [-0.15, -0.1) is 0 Å². The summed E-state index contributed by atoms with van der Waals surface area (Å²) in [5, 5.41) is 8.88. The second kappa shape index (κ2) is 5.10. The molecule has 1 aromatic rings. The van der Waals surface area contributed by atoms with Crippen LogP contribution in [-0.4, -0.2) is 16.6 Å². The molecule has 0 spiro atoms. The number of aliphatic hydroxyl groups excluding tert-OH is 1. The van der Waals surface area contributed by atoms with Gasteiger partial charge >= 0.3 is 0 Å². The number of rotatable bonds is 3. The van der Waals surface area contributed by atoms with E-state index in [2.05, 4.69) is 4.99 Å². The number of allylic oxidation sites excluding steroid dienone is 1. The Kier molecular flexibility index (Phi) is 3.80. The van der Waals surface area contributed by atoms with E-state index in [9.17, 15) is 4.79 Å². The number of nitrogens with zero attached hydrogens (tertiary/aromatic N) is 1. The van der Waals surface area contributed by atoms with Crippen LogP contribution in [0.4, 0.5) is 5.69 Å². The van der Waals surface area contributed by atoms with Crippen LogP contribution in [0.3, 0.4) is 0 Å². The SMILES string of the molecule is CC(=O)C(=CO)C(C)=Nc1ccccc1. The number of para-hydroxylation sites is 1. The van der Waals surface area contributed by atoms with Crippen molar-refractivity contribution in [2.75, 3.05) is 0 Å². The van der Waals surface area contributed by atoms with E-state index in [0.29, 0.717) is 5.71 Å². The van der Waals surface area contributed by atoms with Crippen LogP contribution in [0.2, 0.25) is 0 Å². The van der Waals surface area contributed by atoms with E-state index in [4.69, 9.17) is 5.11 Å². The molecule has 0 amide bonds. The molecule has 3 nitrogen and oxygen atoms in total. The largest absolute Gasteiger partial charge is 0.515 e. The fourth-order valence-electron chi connectivity index (χ4n) is 1.20. The highest BCUT2D eigenvalue weighted by molar-refractivity contribution is 6.21. The minimum atomic E-state index is -0.199. The van der Waals surface area contributed by atoms with Gasteiger partial charge in [-0.05, 0) is 26.0 Å². The first-order valence-corrected chi connectivity index (χ1v) is 4.61. The van der Waals surface area contributed by atoms with E-state index < -0.39 is 0 Å². The molecule has 0 aromatic heterocycles. The van der Waals surface area contributed by atoms with Crippen molar-refractivity contribution in [2.24, 2.45) is 4.99 Å². The summed E-state index contributed by atoms with van der Waals surface area (Å²) in [6, 6.07) is 9.28. The van der Waals surface area contributed by atoms with Gasteiger partial charge in [-0.1, -0.05) is 18.2 Å². The van der Waals surface area contributed by atoms with Crippen LogP contribution in [0.5, 0.6) is 0 Å². The van der Waals surface area contributed by atoms with E-state index in [-0.39, 0.29) is 11.4 Å². The van der Waals surface area contributed by atoms with Crippen LogP contribution < -0.4 is 0 Å². The normalized spacial score (nSPS) is 12.7. The molecule has 15 heavy (non-hydrogen) atoms. The molecule has 0 aliphatic rings. The average Bonchev–Trinajstić information content (AvgIpc) is 2.19. The van der Waals surface area contributed by atoms with Crippen molar-refractivity contribution in [2.45, 2.75) is 13.8 Å². The highest BCUT2D eigenvalue weighted by atomic mass is 16.2. The molecule has 0 fully saturated rings. The topological polar surface area (TPSA) is 49.7 Å². The number of hydrogen-bond donors (Lipinski definition) is 1. The summed E-state index contributed by atoms with van der Waals surface area (Å²) >= 11 is 0. The Morgan fingerprint density at radius 1 is 1.27 bits per heavy atom. The number of aliphatic hydroxyl groups is 1. The summed E-state index contributed by atoms with van der Waals surface area (Å²) in [7, 11) is 0. The van der Waals surface area contributed by atoms with E-state index in [1.165, 1.54) is 6.92 Å².